The van der Waals surface area contributed by atoms with Crippen molar-refractivity contribution in [3.63, 3.8) is 0 Å². The molecule has 1 fully saturated rings. The van der Waals surface area contributed by atoms with E-state index in [1.165, 1.54) is 75.9 Å². The van der Waals surface area contributed by atoms with E-state index in [0.717, 1.165) is 30.5 Å². The lowest BCUT2D eigenvalue weighted by molar-refractivity contribution is 0.140. The highest BCUT2D eigenvalue weighted by atomic mass is 16.3. The van der Waals surface area contributed by atoms with E-state index in [4.69, 9.17) is 4.42 Å². The van der Waals surface area contributed by atoms with Crippen molar-refractivity contribution < 1.29 is 4.42 Å². The molecule has 6 aliphatic rings. The van der Waals surface area contributed by atoms with Crippen LogP contribution in [0.15, 0.2) is 117 Å². The van der Waals surface area contributed by atoms with Gasteiger partial charge in [-0.05, 0) is 167 Å². The van der Waals surface area contributed by atoms with Crippen molar-refractivity contribution >= 4 is 18.2 Å². The van der Waals surface area contributed by atoms with Crippen LogP contribution < -0.4 is 5.32 Å². The highest BCUT2D eigenvalue weighted by molar-refractivity contribution is 6.47. The van der Waals surface area contributed by atoms with E-state index in [2.05, 4.69) is 222 Å². The molecule has 1 aromatic heterocycles. The predicted octanol–water partition coefficient (Wildman–Crippen LogP) is 17.4. The van der Waals surface area contributed by atoms with Crippen LogP contribution in [-0.2, 0) is 10.8 Å². The number of nitrogens with zero attached hydrogens (tertiary/aromatic N) is 1. The summed E-state index contributed by atoms with van der Waals surface area (Å²) in [5.74, 6) is 2.61. The summed E-state index contributed by atoms with van der Waals surface area (Å²) >= 11 is 0. The van der Waals surface area contributed by atoms with Crippen LogP contribution in [0.4, 0.5) is 0 Å². The molecule has 1 N–H and O–H groups in total. The number of rotatable bonds is 11. The van der Waals surface area contributed by atoms with E-state index in [1.807, 2.05) is 0 Å². The molecule has 1 aromatic carbocycles. The second-order valence-electron chi connectivity index (χ2n) is 26.7. The van der Waals surface area contributed by atoms with Gasteiger partial charge < -0.3 is 14.6 Å². The van der Waals surface area contributed by atoms with Gasteiger partial charge >= 0.3 is 0 Å². The van der Waals surface area contributed by atoms with Gasteiger partial charge in [-0.15, -0.1) is 0 Å². The number of furan rings is 1. The Balaban J connectivity index is 1.35. The standard InChI is InChI=1S/C62H90BN2O/c1-39(2)40(3)32-52(42(5)65(45-23-21-20-22-24-45)54-36-49(60(15,16)17)47(31-41(54)4)58(9,10)11)63-38-53(64-44-25-26-46(57(6,7)8)48(35-44)59(12,13)14)56-34-43-33-50-51(37-55(43)66-56)62(19)29-27-61(50,18)28-30-62/h21,23-26,31-37,39,41,46,48,53-54,64H,20,22,27-30,38H2,1-19H3/b40-32+,52-42-. The maximum atomic E-state index is 7.13. The largest absolute Gasteiger partial charge is 0.459 e. The molecule has 357 valence electrons. The molecule has 0 saturated heterocycles. The van der Waals surface area contributed by atoms with Gasteiger partial charge in [0.05, 0.1) is 12.1 Å². The molecule has 0 aliphatic heterocycles. The van der Waals surface area contributed by atoms with Crippen molar-refractivity contribution in [1.29, 1.82) is 0 Å². The minimum atomic E-state index is -0.0731. The van der Waals surface area contributed by atoms with Gasteiger partial charge in [-0.2, -0.15) is 0 Å². The Morgan fingerprint density at radius 3 is 1.92 bits per heavy atom. The smallest absolute Gasteiger partial charge is 0.156 e. The van der Waals surface area contributed by atoms with Gasteiger partial charge in [-0.1, -0.05) is 171 Å². The van der Waals surface area contributed by atoms with Gasteiger partial charge in [0.25, 0.3) is 0 Å². The van der Waals surface area contributed by atoms with E-state index in [1.54, 1.807) is 5.56 Å². The normalized spacial score (nSPS) is 28.1. The summed E-state index contributed by atoms with van der Waals surface area (Å²) in [5, 5.41) is 5.39. The fraction of sp³-hybridized carbons (Fsp3) is 0.613. The molecular weight excluding hydrogens is 800 g/mol. The molecule has 8 rings (SSSR count). The number of nitrogens with one attached hydrogen (secondary N) is 1. The fourth-order valence-electron chi connectivity index (χ4n) is 12.0. The Labute approximate surface area is 404 Å². The summed E-state index contributed by atoms with van der Waals surface area (Å²) < 4.78 is 7.13. The van der Waals surface area contributed by atoms with Crippen molar-refractivity contribution in [2.24, 2.45) is 45.3 Å². The third-order valence-corrected chi connectivity index (χ3v) is 16.8. The monoisotopic (exact) mass is 890 g/mol. The van der Waals surface area contributed by atoms with Crippen molar-refractivity contribution in [3.8, 4) is 0 Å². The quantitative estimate of drug-likeness (QED) is 0.180. The molecule has 0 amide bonds. The summed E-state index contributed by atoms with van der Waals surface area (Å²) in [6.07, 6.45) is 30.4. The van der Waals surface area contributed by atoms with Crippen molar-refractivity contribution in [2.75, 3.05) is 0 Å². The molecule has 5 unspecified atom stereocenters. The average molecular weight is 890 g/mol. The average Bonchev–Trinajstić information content (AvgIpc) is 3.65. The number of hydrogen-bond donors (Lipinski definition) is 1. The molecule has 1 heterocycles. The molecule has 5 atom stereocenters. The Bertz CT molecular complexity index is 2340. The Hall–Kier alpha value is -3.66. The summed E-state index contributed by atoms with van der Waals surface area (Å²) in [6.45, 7) is 45.5. The van der Waals surface area contributed by atoms with Crippen molar-refractivity contribution in [2.45, 2.75) is 199 Å². The van der Waals surface area contributed by atoms with Gasteiger partial charge in [0.15, 0.2) is 7.28 Å². The molecule has 1 radical (unpaired) electrons. The summed E-state index contributed by atoms with van der Waals surface area (Å²) in [7, 11) is 2.53. The van der Waals surface area contributed by atoms with E-state index in [0.29, 0.717) is 23.7 Å². The van der Waals surface area contributed by atoms with Gasteiger partial charge in [0, 0.05) is 22.5 Å². The van der Waals surface area contributed by atoms with Crippen LogP contribution >= 0.6 is 0 Å². The van der Waals surface area contributed by atoms with Crippen LogP contribution in [0.25, 0.3) is 11.0 Å². The first-order valence-corrected chi connectivity index (χ1v) is 26.1. The molecule has 2 bridgehead atoms. The van der Waals surface area contributed by atoms with Gasteiger partial charge in [0.1, 0.15) is 11.3 Å². The van der Waals surface area contributed by atoms with E-state index < -0.39 is 0 Å². The lowest BCUT2D eigenvalue weighted by Crippen LogP contribution is -2.44. The zero-order chi connectivity index (χ0) is 48.5. The van der Waals surface area contributed by atoms with Crippen LogP contribution in [0.3, 0.4) is 0 Å². The Kier molecular flexibility index (Phi) is 13.7. The van der Waals surface area contributed by atoms with Crippen LogP contribution in [0, 0.1) is 45.3 Å². The zero-order valence-electron chi connectivity index (χ0n) is 45.3. The lowest BCUT2D eigenvalue weighted by Gasteiger charge is -2.52. The lowest BCUT2D eigenvalue weighted by atomic mass is 9.52. The van der Waals surface area contributed by atoms with Crippen LogP contribution in [0.2, 0.25) is 6.32 Å². The third kappa shape index (κ3) is 10.2. The van der Waals surface area contributed by atoms with E-state index in [9.17, 15) is 0 Å². The highest BCUT2D eigenvalue weighted by Gasteiger charge is 2.48. The predicted molar refractivity (Wildman–Crippen MR) is 287 cm³/mol. The minimum absolute atomic E-state index is 0.0154. The first kappa shape index (κ1) is 50.2. The summed E-state index contributed by atoms with van der Waals surface area (Å²) in [6, 6.07) is 7.42. The molecule has 6 aliphatic carbocycles. The van der Waals surface area contributed by atoms with Crippen LogP contribution in [0.1, 0.15) is 193 Å². The maximum absolute atomic E-state index is 7.13. The molecule has 2 aromatic rings. The number of fused-ring (bicyclic) bond motifs is 3. The number of allylic oxidation sites excluding steroid dienone is 12. The Morgan fingerprint density at radius 2 is 1.38 bits per heavy atom. The third-order valence-electron chi connectivity index (χ3n) is 16.8. The molecule has 4 heteroatoms. The van der Waals surface area contributed by atoms with Gasteiger partial charge in [-0.25, -0.2) is 0 Å². The summed E-state index contributed by atoms with van der Waals surface area (Å²) in [5.41, 5.74) is 14.4. The van der Waals surface area contributed by atoms with Crippen molar-refractivity contribution in [1.82, 2.24) is 10.2 Å². The maximum Gasteiger partial charge on any atom is 0.156 e. The number of hydrogen-bond acceptors (Lipinski definition) is 3. The second kappa shape index (κ2) is 18.0. The summed E-state index contributed by atoms with van der Waals surface area (Å²) in [4.78, 5) is 2.69. The second-order valence-corrected chi connectivity index (χ2v) is 26.7. The minimum Gasteiger partial charge on any atom is -0.459 e. The Morgan fingerprint density at radius 1 is 0.788 bits per heavy atom. The topological polar surface area (TPSA) is 28.4 Å². The van der Waals surface area contributed by atoms with E-state index >= 15 is 0 Å². The van der Waals surface area contributed by atoms with Crippen molar-refractivity contribution in [3.05, 3.63) is 129 Å². The van der Waals surface area contributed by atoms with Gasteiger partial charge in [-0.3, -0.25) is 0 Å². The van der Waals surface area contributed by atoms with Gasteiger partial charge in [0.2, 0.25) is 0 Å². The van der Waals surface area contributed by atoms with Crippen LogP contribution in [-0.4, -0.2) is 18.2 Å². The molecule has 66 heavy (non-hydrogen) atoms. The molecular formula is C62H90BN2O. The SMILES string of the molecule is C/C(=C\C([B]CC(NC1=CC(C(C)(C)C)C(C(C)(C)C)C=C1)c1cc2cc3c(cc2o1)C1(C)CCC3(C)CC1)=C(/C)N(C1=CCCC=C1)C1C=C(C(C)(C)C)C(C(C)(C)C)=CC1C)C(C)C. The fourth-order valence-corrected chi connectivity index (χ4v) is 12.0. The first-order chi connectivity index (χ1) is 30.5. The molecule has 0 spiro atoms. The highest BCUT2D eigenvalue weighted by Crippen LogP contribution is 2.57. The zero-order valence-corrected chi connectivity index (χ0v) is 45.3. The molecule has 3 nitrogen and oxygen atoms in total. The van der Waals surface area contributed by atoms with Crippen LogP contribution in [0.5, 0.6) is 0 Å². The first-order valence-electron chi connectivity index (χ1n) is 26.1. The van der Waals surface area contributed by atoms with E-state index in [-0.39, 0.29) is 44.6 Å². The number of benzene rings is 1. The molecule has 1 saturated carbocycles.